The van der Waals surface area contributed by atoms with Crippen LogP contribution in [-0.4, -0.2) is 63.3 Å². The maximum absolute atomic E-state index is 5.07. The zero-order valence-electron chi connectivity index (χ0n) is 14.7. The van der Waals surface area contributed by atoms with Gasteiger partial charge in [-0.2, -0.15) is 0 Å². The molecule has 0 saturated carbocycles. The van der Waals surface area contributed by atoms with Crippen LogP contribution < -0.4 is 10.6 Å². The topological polar surface area (TPSA) is 48.9 Å². The molecule has 0 spiro atoms. The summed E-state index contributed by atoms with van der Waals surface area (Å²) in [7, 11) is 1.74. The Bertz CT molecular complexity index is 294. The van der Waals surface area contributed by atoms with Gasteiger partial charge in [0.1, 0.15) is 0 Å². The van der Waals surface area contributed by atoms with Crippen LogP contribution in [0.15, 0.2) is 4.99 Å². The molecule has 1 unspecified atom stereocenters. The average Bonchev–Trinajstić information content (AvgIpc) is 2.97. The van der Waals surface area contributed by atoms with Crippen LogP contribution in [0.25, 0.3) is 0 Å². The minimum absolute atomic E-state index is 0. The summed E-state index contributed by atoms with van der Waals surface area (Å²) in [6.07, 6.45) is 3.67. The molecule has 6 heteroatoms. The van der Waals surface area contributed by atoms with E-state index in [4.69, 9.17) is 9.73 Å². The Hall–Kier alpha value is -0.0800. The van der Waals surface area contributed by atoms with Gasteiger partial charge in [-0.15, -0.1) is 24.0 Å². The quantitative estimate of drug-likeness (QED) is 0.257. The van der Waals surface area contributed by atoms with Gasteiger partial charge in [0, 0.05) is 32.8 Å². The highest BCUT2D eigenvalue weighted by Gasteiger charge is 2.24. The molecule has 0 aromatic carbocycles. The molecule has 1 aliphatic rings. The second-order valence-electron chi connectivity index (χ2n) is 6.05. The highest BCUT2D eigenvalue weighted by Crippen LogP contribution is 2.17. The van der Waals surface area contributed by atoms with Crippen molar-refractivity contribution in [2.75, 3.05) is 46.4 Å². The summed E-state index contributed by atoms with van der Waals surface area (Å²) in [5.74, 6) is 1.57. The van der Waals surface area contributed by atoms with Gasteiger partial charge in [0.15, 0.2) is 5.96 Å². The molecule has 1 atom stereocenters. The number of ether oxygens (including phenoxy) is 1. The Labute approximate surface area is 153 Å². The summed E-state index contributed by atoms with van der Waals surface area (Å²) in [6, 6.07) is 0.557. The number of methoxy groups -OCH3 is 1. The second kappa shape index (κ2) is 13.4. The minimum atomic E-state index is 0. The number of rotatable bonds is 9. The fraction of sp³-hybridized carbons (Fsp3) is 0.938. The summed E-state index contributed by atoms with van der Waals surface area (Å²) in [6.45, 7) is 12.6. The van der Waals surface area contributed by atoms with Crippen LogP contribution in [-0.2, 0) is 4.74 Å². The number of aliphatic imine (C=N–C) groups is 1. The molecular formula is C16H35IN4O. The molecule has 1 fully saturated rings. The van der Waals surface area contributed by atoms with Crippen molar-refractivity contribution < 1.29 is 4.74 Å². The lowest BCUT2D eigenvalue weighted by molar-refractivity contribution is 0.195. The van der Waals surface area contributed by atoms with Gasteiger partial charge in [0.25, 0.3) is 0 Å². The average molecular weight is 426 g/mol. The molecule has 0 aromatic rings. The Morgan fingerprint density at radius 2 is 1.91 bits per heavy atom. The van der Waals surface area contributed by atoms with Gasteiger partial charge in [-0.05, 0) is 45.2 Å². The number of nitrogens with one attached hydrogen (secondary N) is 2. The van der Waals surface area contributed by atoms with Crippen molar-refractivity contribution in [3.8, 4) is 0 Å². The number of guanidine groups is 1. The van der Waals surface area contributed by atoms with Gasteiger partial charge >= 0.3 is 0 Å². The van der Waals surface area contributed by atoms with Gasteiger partial charge in [0.05, 0.1) is 6.54 Å². The van der Waals surface area contributed by atoms with Gasteiger partial charge < -0.3 is 15.4 Å². The largest absolute Gasteiger partial charge is 0.385 e. The molecule has 5 nitrogen and oxygen atoms in total. The summed E-state index contributed by atoms with van der Waals surface area (Å²) in [5, 5.41) is 6.70. The predicted octanol–water partition coefficient (Wildman–Crippen LogP) is 2.32. The van der Waals surface area contributed by atoms with Crippen molar-refractivity contribution in [2.24, 2.45) is 10.9 Å². The van der Waals surface area contributed by atoms with E-state index in [-0.39, 0.29) is 24.0 Å². The Balaban J connectivity index is 0.00000441. The molecule has 0 aromatic heterocycles. The first-order chi connectivity index (χ1) is 10.2. The van der Waals surface area contributed by atoms with Crippen LogP contribution in [0.1, 0.15) is 40.0 Å². The first-order valence-corrected chi connectivity index (χ1v) is 8.44. The van der Waals surface area contributed by atoms with E-state index in [0.29, 0.717) is 12.0 Å². The number of halogens is 1. The summed E-state index contributed by atoms with van der Waals surface area (Å²) < 4.78 is 5.07. The first kappa shape index (κ1) is 21.9. The van der Waals surface area contributed by atoms with Crippen molar-refractivity contribution in [2.45, 2.75) is 46.1 Å². The lowest BCUT2D eigenvalue weighted by Gasteiger charge is -2.29. The van der Waals surface area contributed by atoms with E-state index in [2.05, 4.69) is 36.3 Å². The van der Waals surface area contributed by atoms with Crippen LogP contribution in [0.3, 0.4) is 0 Å². The number of likely N-dealkylation sites (tertiary alicyclic amines) is 1. The fourth-order valence-corrected chi connectivity index (χ4v) is 2.77. The zero-order valence-corrected chi connectivity index (χ0v) is 17.1. The second-order valence-corrected chi connectivity index (χ2v) is 6.05. The molecule has 1 aliphatic heterocycles. The van der Waals surface area contributed by atoms with Crippen LogP contribution in [0, 0.1) is 5.92 Å². The zero-order chi connectivity index (χ0) is 15.5. The van der Waals surface area contributed by atoms with E-state index in [1.807, 2.05) is 0 Å². The van der Waals surface area contributed by atoms with Crippen molar-refractivity contribution in [1.82, 2.24) is 15.5 Å². The van der Waals surface area contributed by atoms with E-state index in [0.717, 1.165) is 38.6 Å². The van der Waals surface area contributed by atoms with Crippen molar-refractivity contribution in [3.05, 3.63) is 0 Å². The van der Waals surface area contributed by atoms with Gasteiger partial charge in [-0.3, -0.25) is 9.89 Å². The van der Waals surface area contributed by atoms with Gasteiger partial charge in [0.2, 0.25) is 0 Å². The minimum Gasteiger partial charge on any atom is -0.385 e. The highest BCUT2D eigenvalue weighted by molar-refractivity contribution is 14.0. The monoisotopic (exact) mass is 426 g/mol. The van der Waals surface area contributed by atoms with E-state index >= 15 is 0 Å². The molecule has 0 radical (unpaired) electrons. The highest BCUT2D eigenvalue weighted by atomic mass is 127. The van der Waals surface area contributed by atoms with Crippen molar-refractivity contribution in [3.63, 3.8) is 0 Å². The van der Waals surface area contributed by atoms with Crippen LogP contribution in [0.2, 0.25) is 0 Å². The number of nitrogens with zero attached hydrogens (tertiary/aromatic N) is 2. The lowest BCUT2D eigenvalue weighted by atomic mass is 10.0. The third-order valence-electron chi connectivity index (χ3n) is 3.98. The molecule has 132 valence electrons. The van der Waals surface area contributed by atoms with Gasteiger partial charge in [-0.1, -0.05) is 13.8 Å². The molecule has 0 bridgehead atoms. The molecule has 0 aliphatic carbocycles. The van der Waals surface area contributed by atoms with E-state index < -0.39 is 0 Å². The van der Waals surface area contributed by atoms with Crippen LogP contribution >= 0.6 is 24.0 Å². The maximum Gasteiger partial charge on any atom is 0.191 e. The Morgan fingerprint density at radius 1 is 1.23 bits per heavy atom. The number of hydrogen-bond donors (Lipinski definition) is 2. The molecule has 0 amide bonds. The lowest BCUT2D eigenvalue weighted by Crippen LogP contribution is -2.42. The normalized spacial score (nSPS) is 17.4. The van der Waals surface area contributed by atoms with Crippen LogP contribution in [0.5, 0.6) is 0 Å². The van der Waals surface area contributed by atoms with Crippen molar-refractivity contribution >= 4 is 29.9 Å². The van der Waals surface area contributed by atoms with Gasteiger partial charge in [-0.25, -0.2) is 0 Å². The molecular weight excluding hydrogens is 391 g/mol. The molecule has 1 rings (SSSR count). The Morgan fingerprint density at radius 3 is 2.45 bits per heavy atom. The SMILES string of the molecule is CCNC(=NCC(C(C)C)N1CCCC1)NCCCOC.I. The standard InChI is InChI=1S/C16H34N4O.HI/c1-5-17-16(18-9-8-12-21-4)19-13-15(14(2)3)20-10-6-7-11-20;/h14-15H,5-13H2,1-4H3,(H2,17,18,19);1H. The fourth-order valence-electron chi connectivity index (χ4n) is 2.77. The van der Waals surface area contributed by atoms with E-state index in [9.17, 15) is 0 Å². The maximum atomic E-state index is 5.07. The number of hydrogen-bond acceptors (Lipinski definition) is 3. The van der Waals surface area contributed by atoms with E-state index in [1.54, 1.807) is 7.11 Å². The third-order valence-corrected chi connectivity index (χ3v) is 3.98. The van der Waals surface area contributed by atoms with Crippen molar-refractivity contribution in [1.29, 1.82) is 0 Å². The first-order valence-electron chi connectivity index (χ1n) is 8.44. The van der Waals surface area contributed by atoms with E-state index in [1.165, 1.54) is 25.9 Å². The Kier molecular flexibility index (Phi) is 13.3. The smallest absolute Gasteiger partial charge is 0.191 e. The molecule has 2 N–H and O–H groups in total. The molecule has 1 heterocycles. The molecule has 22 heavy (non-hydrogen) atoms. The molecule has 1 saturated heterocycles. The predicted molar refractivity (Wildman–Crippen MR) is 105 cm³/mol. The summed E-state index contributed by atoms with van der Waals surface area (Å²) in [4.78, 5) is 7.39. The van der Waals surface area contributed by atoms with Crippen LogP contribution in [0.4, 0.5) is 0 Å². The summed E-state index contributed by atoms with van der Waals surface area (Å²) >= 11 is 0. The summed E-state index contributed by atoms with van der Waals surface area (Å²) in [5.41, 5.74) is 0. The third kappa shape index (κ3) is 8.53.